The van der Waals surface area contributed by atoms with E-state index in [0.717, 1.165) is 12.1 Å². The number of nitrogens with one attached hydrogen (secondary N) is 2. The third-order valence-corrected chi connectivity index (χ3v) is 2.13. The van der Waals surface area contributed by atoms with Gasteiger partial charge in [0.15, 0.2) is 5.82 Å². The van der Waals surface area contributed by atoms with Gasteiger partial charge in [0.1, 0.15) is 6.04 Å². The van der Waals surface area contributed by atoms with E-state index in [1.54, 1.807) is 0 Å². The Labute approximate surface area is 106 Å². The predicted molar refractivity (Wildman–Crippen MR) is 62.3 cm³/mol. The number of benzene rings is 1. The molecule has 0 heterocycles. The lowest BCUT2D eigenvalue weighted by molar-refractivity contribution is -0.385. The van der Waals surface area contributed by atoms with E-state index in [4.69, 9.17) is 5.11 Å². The lowest BCUT2D eigenvalue weighted by atomic mass is 10.2. The van der Waals surface area contributed by atoms with Crippen molar-refractivity contribution in [3.63, 3.8) is 0 Å². The minimum atomic E-state index is -1.25. The number of nitrogens with zero attached hydrogens (tertiary/aromatic N) is 1. The first-order chi connectivity index (χ1) is 8.81. The number of anilines is 1. The summed E-state index contributed by atoms with van der Waals surface area (Å²) in [7, 11) is 0. The van der Waals surface area contributed by atoms with E-state index in [-0.39, 0.29) is 5.69 Å². The highest BCUT2D eigenvalue weighted by molar-refractivity contribution is 5.92. The molecule has 0 aliphatic carbocycles. The summed E-state index contributed by atoms with van der Waals surface area (Å²) in [6, 6.07) is 0.595. The van der Waals surface area contributed by atoms with Crippen molar-refractivity contribution in [1.29, 1.82) is 0 Å². The van der Waals surface area contributed by atoms with Gasteiger partial charge < -0.3 is 15.7 Å². The predicted octanol–water partition coefficient (Wildman–Crippen LogP) is 1.33. The van der Waals surface area contributed by atoms with Gasteiger partial charge in [0.25, 0.3) is 5.69 Å². The summed E-state index contributed by atoms with van der Waals surface area (Å²) in [5.41, 5.74) is -0.747. The third-order valence-electron chi connectivity index (χ3n) is 2.13. The van der Waals surface area contributed by atoms with Crippen molar-refractivity contribution in [1.82, 2.24) is 5.32 Å². The molecule has 0 aliphatic rings. The molecule has 0 aliphatic heterocycles. The Kier molecular flexibility index (Phi) is 4.35. The van der Waals surface area contributed by atoms with Crippen LogP contribution in [0.4, 0.5) is 20.6 Å². The second kappa shape index (κ2) is 5.76. The summed E-state index contributed by atoms with van der Waals surface area (Å²) in [6.07, 6.45) is 0. The van der Waals surface area contributed by atoms with Crippen molar-refractivity contribution >= 4 is 23.4 Å². The van der Waals surface area contributed by atoms with Crippen LogP contribution in [0.15, 0.2) is 18.2 Å². The van der Waals surface area contributed by atoms with E-state index >= 15 is 0 Å². The first-order valence-electron chi connectivity index (χ1n) is 5.05. The van der Waals surface area contributed by atoms with Crippen molar-refractivity contribution in [2.24, 2.45) is 0 Å². The Morgan fingerprint density at radius 1 is 1.47 bits per heavy atom. The number of non-ortho nitro benzene ring substituents is 1. The van der Waals surface area contributed by atoms with Gasteiger partial charge in [-0.1, -0.05) is 0 Å². The van der Waals surface area contributed by atoms with Gasteiger partial charge in [-0.05, 0) is 13.0 Å². The van der Waals surface area contributed by atoms with Gasteiger partial charge in [-0.25, -0.2) is 9.18 Å². The molecule has 1 aromatic carbocycles. The molecule has 0 aromatic heterocycles. The fourth-order valence-electron chi connectivity index (χ4n) is 1.14. The average molecular weight is 271 g/mol. The Bertz CT molecular complexity index is 534. The van der Waals surface area contributed by atoms with Crippen molar-refractivity contribution in [2.75, 3.05) is 5.32 Å². The van der Waals surface area contributed by atoms with Crippen molar-refractivity contribution in [2.45, 2.75) is 13.0 Å². The van der Waals surface area contributed by atoms with E-state index in [0.29, 0.717) is 6.07 Å². The number of nitro benzene ring substituents is 1. The Hall–Kier alpha value is -2.71. The summed E-state index contributed by atoms with van der Waals surface area (Å²) in [5, 5.41) is 23.0. The van der Waals surface area contributed by atoms with Gasteiger partial charge in [-0.3, -0.25) is 14.9 Å². The molecule has 2 amide bonds. The van der Waals surface area contributed by atoms with Gasteiger partial charge in [-0.15, -0.1) is 0 Å². The Morgan fingerprint density at radius 3 is 2.58 bits per heavy atom. The van der Waals surface area contributed by atoms with E-state index in [1.165, 1.54) is 6.92 Å². The van der Waals surface area contributed by atoms with Crippen LogP contribution in [0, 0.1) is 15.9 Å². The number of hydrogen-bond acceptors (Lipinski definition) is 4. The summed E-state index contributed by atoms with van der Waals surface area (Å²) >= 11 is 0. The van der Waals surface area contributed by atoms with Crippen molar-refractivity contribution in [3.8, 4) is 0 Å². The van der Waals surface area contributed by atoms with E-state index < -0.39 is 34.5 Å². The zero-order valence-corrected chi connectivity index (χ0v) is 9.71. The number of aliphatic carboxylic acids is 1. The fourth-order valence-corrected chi connectivity index (χ4v) is 1.14. The molecular formula is C10H10FN3O5. The molecule has 102 valence electrons. The molecule has 0 bridgehead atoms. The number of carboxylic acid groups (broad SMARTS) is 1. The molecule has 19 heavy (non-hydrogen) atoms. The van der Waals surface area contributed by atoms with Crippen molar-refractivity contribution in [3.05, 3.63) is 34.1 Å². The van der Waals surface area contributed by atoms with Crippen LogP contribution < -0.4 is 10.6 Å². The maximum Gasteiger partial charge on any atom is 0.325 e. The van der Waals surface area contributed by atoms with Gasteiger partial charge >= 0.3 is 12.0 Å². The number of amides is 2. The van der Waals surface area contributed by atoms with Gasteiger partial charge in [0.05, 0.1) is 16.7 Å². The summed E-state index contributed by atoms with van der Waals surface area (Å²) in [5.74, 6) is -2.24. The molecule has 1 rings (SSSR count). The highest BCUT2D eigenvalue weighted by Gasteiger charge is 2.16. The average Bonchev–Trinajstić information content (AvgIpc) is 2.31. The molecule has 1 unspecified atom stereocenters. The fraction of sp³-hybridized carbons (Fsp3) is 0.200. The van der Waals surface area contributed by atoms with Gasteiger partial charge in [0.2, 0.25) is 0 Å². The summed E-state index contributed by atoms with van der Waals surface area (Å²) < 4.78 is 13.4. The quantitative estimate of drug-likeness (QED) is 0.563. The molecule has 0 saturated carbocycles. The minimum absolute atomic E-state index is 0.291. The molecule has 0 saturated heterocycles. The second-order valence-corrected chi connectivity index (χ2v) is 3.58. The highest BCUT2D eigenvalue weighted by atomic mass is 19.1. The molecule has 1 aromatic rings. The SMILES string of the molecule is CC(NC(=O)Nc1ccc([N+](=O)[O-])cc1F)C(=O)O. The largest absolute Gasteiger partial charge is 0.480 e. The Morgan fingerprint density at radius 2 is 2.11 bits per heavy atom. The number of carboxylic acids is 1. The van der Waals surface area contributed by atoms with Crippen molar-refractivity contribution < 1.29 is 24.0 Å². The maximum absolute atomic E-state index is 13.4. The first-order valence-corrected chi connectivity index (χ1v) is 5.05. The second-order valence-electron chi connectivity index (χ2n) is 3.58. The number of urea groups is 1. The van der Waals surface area contributed by atoms with Crippen LogP contribution in [0.2, 0.25) is 0 Å². The van der Waals surface area contributed by atoms with E-state index in [1.807, 2.05) is 5.32 Å². The van der Waals surface area contributed by atoms with Crippen LogP contribution >= 0.6 is 0 Å². The molecule has 9 heteroatoms. The smallest absolute Gasteiger partial charge is 0.325 e. The standard InChI is InChI=1S/C10H10FN3O5/c1-5(9(15)16)12-10(17)13-8-3-2-6(14(18)19)4-7(8)11/h2-5H,1H3,(H,15,16)(H2,12,13,17). The maximum atomic E-state index is 13.4. The topological polar surface area (TPSA) is 122 Å². The first kappa shape index (κ1) is 14.4. The number of nitro groups is 1. The summed E-state index contributed by atoms with van der Waals surface area (Å²) in [6.45, 7) is 1.23. The number of rotatable bonds is 4. The number of halogens is 1. The van der Waals surface area contributed by atoms with Crippen LogP contribution in [-0.4, -0.2) is 28.1 Å². The molecule has 1 atom stereocenters. The zero-order valence-electron chi connectivity index (χ0n) is 9.71. The lowest BCUT2D eigenvalue weighted by Gasteiger charge is -2.11. The van der Waals surface area contributed by atoms with Crippen LogP contribution in [0.1, 0.15) is 6.92 Å². The molecular weight excluding hydrogens is 261 g/mol. The summed E-state index contributed by atoms with van der Waals surface area (Å²) in [4.78, 5) is 31.4. The van der Waals surface area contributed by atoms with Crippen LogP contribution in [0.5, 0.6) is 0 Å². The highest BCUT2D eigenvalue weighted by Crippen LogP contribution is 2.20. The normalized spacial score (nSPS) is 11.5. The number of carbonyl (C=O) groups excluding carboxylic acids is 1. The number of hydrogen-bond donors (Lipinski definition) is 3. The molecule has 0 fully saturated rings. The molecule has 3 N–H and O–H groups in total. The van der Waals surface area contributed by atoms with Crippen LogP contribution in [0.3, 0.4) is 0 Å². The van der Waals surface area contributed by atoms with Crippen LogP contribution in [-0.2, 0) is 4.79 Å². The Balaban J connectivity index is 2.75. The monoisotopic (exact) mass is 271 g/mol. The molecule has 8 nitrogen and oxygen atoms in total. The van der Waals surface area contributed by atoms with Gasteiger partial charge in [0, 0.05) is 6.07 Å². The molecule has 0 spiro atoms. The third kappa shape index (κ3) is 3.91. The van der Waals surface area contributed by atoms with Gasteiger partial charge in [-0.2, -0.15) is 0 Å². The van der Waals surface area contributed by atoms with Crippen LogP contribution in [0.25, 0.3) is 0 Å². The minimum Gasteiger partial charge on any atom is -0.480 e. The van der Waals surface area contributed by atoms with E-state index in [2.05, 4.69) is 5.32 Å². The zero-order chi connectivity index (χ0) is 14.6. The number of carbonyl (C=O) groups is 2. The van der Waals surface area contributed by atoms with E-state index in [9.17, 15) is 24.1 Å². The lowest BCUT2D eigenvalue weighted by Crippen LogP contribution is -2.41. The molecule has 0 radical (unpaired) electrons.